The molecule has 0 atom stereocenters. The molecule has 0 aliphatic heterocycles. The van der Waals surface area contributed by atoms with E-state index in [1.807, 2.05) is 20.8 Å². The number of nitrogens with two attached hydrogens (primary N) is 1. The molecule has 0 fully saturated rings. The van der Waals surface area contributed by atoms with Crippen LogP contribution in [-0.4, -0.2) is 24.2 Å². The summed E-state index contributed by atoms with van der Waals surface area (Å²) in [5, 5.41) is 2.86. The molecule has 90 valence electrons. The molecule has 3 nitrogen and oxygen atoms in total. The molecule has 0 aromatic heterocycles. The van der Waals surface area contributed by atoms with Gasteiger partial charge in [-0.3, -0.25) is 4.99 Å². The van der Waals surface area contributed by atoms with Gasteiger partial charge in [-0.05, 0) is 27.2 Å². The van der Waals surface area contributed by atoms with Crippen molar-refractivity contribution in [3.8, 4) is 0 Å². The van der Waals surface area contributed by atoms with Gasteiger partial charge in [0.05, 0.1) is 0 Å². The average Bonchev–Trinajstić information content (AvgIpc) is 1.92. The smallest absolute Gasteiger partial charge is 0.370 e. The average molecular weight is 225 g/mol. The second-order valence-corrected chi connectivity index (χ2v) is 4.36. The fourth-order valence-electron chi connectivity index (χ4n) is 0.903. The summed E-state index contributed by atoms with van der Waals surface area (Å²) < 4.78 is 35.3. The summed E-state index contributed by atoms with van der Waals surface area (Å²) in [5.74, 6) is 0.185. The summed E-state index contributed by atoms with van der Waals surface area (Å²) in [5.41, 5.74) is 5.24. The summed E-state index contributed by atoms with van der Waals surface area (Å²) in [4.78, 5) is 3.80. The van der Waals surface area contributed by atoms with E-state index >= 15 is 0 Å². The first-order chi connectivity index (χ1) is 6.60. The number of nitrogens with zero attached hydrogens (tertiary/aromatic N) is 1. The number of nitrogens with one attached hydrogen (secondary N) is 1. The van der Waals surface area contributed by atoms with Crippen molar-refractivity contribution in [2.45, 2.75) is 45.3 Å². The van der Waals surface area contributed by atoms with Crippen molar-refractivity contribution in [2.24, 2.45) is 10.7 Å². The van der Waals surface area contributed by atoms with E-state index in [1.54, 1.807) is 0 Å². The van der Waals surface area contributed by atoms with Gasteiger partial charge in [0.2, 0.25) is 0 Å². The molecule has 0 aliphatic carbocycles. The van der Waals surface area contributed by atoms with E-state index in [4.69, 9.17) is 5.73 Å². The van der Waals surface area contributed by atoms with Gasteiger partial charge >= 0.3 is 6.18 Å². The highest BCUT2D eigenvalue weighted by molar-refractivity contribution is 5.78. The first-order valence-electron chi connectivity index (χ1n) is 4.75. The Bertz CT molecular complexity index is 216. The van der Waals surface area contributed by atoms with E-state index in [-0.39, 0.29) is 24.5 Å². The first kappa shape index (κ1) is 14.1. The van der Waals surface area contributed by atoms with Crippen LogP contribution in [0.4, 0.5) is 13.2 Å². The van der Waals surface area contributed by atoms with Crippen LogP contribution in [0.2, 0.25) is 0 Å². The molecule has 3 N–H and O–H groups in total. The first-order valence-corrected chi connectivity index (χ1v) is 4.75. The maximum Gasteiger partial charge on any atom is 0.389 e. The lowest BCUT2D eigenvalue weighted by Gasteiger charge is -2.20. The second kappa shape index (κ2) is 5.23. The zero-order chi connectivity index (χ0) is 12.1. The van der Waals surface area contributed by atoms with Crippen molar-refractivity contribution < 1.29 is 13.2 Å². The highest BCUT2D eigenvalue weighted by atomic mass is 19.4. The Balaban J connectivity index is 3.78. The third-order valence-corrected chi connectivity index (χ3v) is 1.40. The Morgan fingerprint density at radius 1 is 1.27 bits per heavy atom. The van der Waals surface area contributed by atoms with Crippen LogP contribution in [-0.2, 0) is 0 Å². The Labute approximate surface area is 87.9 Å². The quantitative estimate of drug-likeness (QED) is 0.438. The van der Waals surface area contributed by atoms with E-state index in [1.165, 1.54) is 0 Å². The summed E-state index contributed by atoms with van der Waals surface area (Å²) in [6.07, 6.45) is -4.96. The van der Waals surface area contributed by atoms with Crippen molar-refractivity contribution >= 4 is 5.96 Å². The second-order valence-electron chi connectivity index (χ2n) is 4.36. The minimum absolute atomic E-state index is 0.0317. The van der Waals surface area contributed by atoms with Crippen LogP contribution in [0.5, 0.6) is 0 Å². The van der Waals surface area contributed by atoms with E-state index < -0.39 is 12.6 Å². The van der Waals surface area contributed by atoms with Gasteiger partial charge in [0, 0.05) is 18.5 Å². The summed E-state index contributed by atoms with van der Waals surface area (Å²) in [6.45, 7) is 5.77. The van der Waals surface area contributed by atoms with Crippen LogP contribution in [0, 0.1) is 0 Å². The third-order valence-electron chi connectivity index (χ3n) is 1.40. The highest BCUT2D eigenvalue weighted by Gasteiger charge is 2.25. The van der Waals surface area contributed by atoms with Crippen LogP contribution in [0.25, 0.3) is 0 Å². The molecule has 0 saturated heterocycles. The molecule has 0 saturated carbocycles. The van der Waals surface area contributed by atoms with Gasteiger partial charge in [-0.1, -0.05) is 0 Å². The standard InChI is InChI=1S/C9H18F3N3/c1-8(2,3)15-7(13)14-6-4-5-9(10,11)12/h4-6H2,1-3H3,(H3,13,14,15). The van der Waals surface area contributed by atoms with Crippen molar-refractivity contribution in [3.05, 3.63) is 0 Å². The number of rotatable bonds is 3. The molecule has 15 heavy (non-hydrogen) atoms. The number of hydrogen-bond acceptors (Lipinski definition) is 1. The fraction of sp³-hybridized carbons (Fsp3) is 0.889. The van der Waals surface area contributed by atoms with Gasteiger partial charge in [-0.15, -0.1) is 0 Å². The van der Waals surface area contributed by atoms with E-state index in [0.717, 1.165) is 0 Å². The Morgan fingerprint density at radius 2 is 1.80 bits per heavy atom. The molecule has 0 aromatic carbocycles. The number of guanidine groups is 1. The van der Waals surface area contributed by atoms with E-state index in [2.05, 4.69) is 10.3 Å². The zero-order valence-corrected chi connectivity index (χ0v) is 9.28. The van der Waals surface area contributed by atoms with Crippen molar-refractivity contribution in [2.75, 3.05) is 6.54 Å². The maximum absolute atomic E-state index is 11.8. The molecule has 0 aromatic rings. The predicted octanol–water partition coefficient (Wildman–Crippen LogP) is 2.03. The molecule has 0 radical (unpaired) electrons. The van der Waals surface area contributed by atoms with Crippen LogP contribution in [0.1, 0.15) is 33.6 Å². The summed E-state index contributed by atoms with van der Waals surface area (Å²) in [6, 6.07) is 0. The molecule has 0 bridgehead atoms. The predicted molar refractivity (Wildman–Crippen MR) is 54.7 cm³/mol. The number of hydrogen-bond donors (Lipinski definition) is 2. The van der Waals surface area contributed by atoms with Crippen molar-refractivity contribution in [1.82, 2.24) is 5.32 Å². The molecular weight excluding hydrogens is 207 g/mol. The largest absolute Gasteiger partial charge is 0.389 e. The monoisotopic (exact) mass is 225 g/mol. The lowest BCUT2D eigenvalue weighted by molar-refractivity contribution is -0.134. The van der Waals surface area contributed by atoms with Crippen LogP contribution in [0.15, 0.2) is 4.99 Å². The van der Waals surface area contributed by atoms with Gasteiger partial charge in [-0.25, -0.2) is 0 Å². The Hall–Kier alpha value is -0.940. The fourth-order valence-corrected chi connectivity index (χ4v) is 0.903. The molecule has 0 unspecified atom stereocenters. The van der Waals surface area contributed by atoms with Crippen molar-refractivity contribution in [3.63, 3.8) is 0 Å². The van der Waals surface area contributed by atoms with E-state index in [9.17, 15) is 13.2 Å². The van der Waals surface area contributed by atoms with Gasteiger partial charge in [-0.2, -0.15) is 13.2 Å². The topological polar surface area (TPSA) is 50.4 Å². The lowest BCUT2D eigenvalue weighted by Crippen LogP contribution is -2.45. The van der Waals surface area contributed by atoms with Crippen LogP contribution >= 0.6 is 0 Å². The molecule has 0 aliphatic rings. The molecule has 0 rings (SSSR count). The minimum Gasteiger partial charge on any atom is -0.370 e. The molecule has 0 spiro atoms. The SMILES string of the molecule is CC(C)(C)NC(N)=NCCCC(F)(F)F. The minimum atomic E-state index is -4.11. The van der Waals surface area contributed by atoms with Gasteiger partial charge < -0.3 is 11.1 Å². The summed E-state index contributed by atoms with van der Waals surface area (Å²) in [7, 11) is 0. The Morgan fingerprint density at radius 3 is 2.20 bits per heavy atom. The molecule has 0 heterocycles. The van der Waals surface area contributed by atoms with Crippen molar-refractivity contribution in [1.29, 1.82) is 0 Å². The normalized spacial score (nSPS) is 14.1. The van der Waals surface area contributed by atoms with Crippen LogP contribution < -0.4 is 11.1 Å². The van der Waals surface area contributed by atoms with Gasteiger partial charge in [0.15, 0.2) is 5.96 Å². The Kier molecular flexibility index (Phi) is 4.90. The lowest BCUT2D eigenvalue weighted by atomic mass is 10.1. The molecule has 6 heteroatoms. The third kappa shape index (κ3) is 11.0. The molecular formula is C9H18F3N3. The number of alkyl halides is 3. The van der Waals surface area contributed by atoms with Crippen LogP contribution in [0.3, 0.4) is 0 Å². The highest BCUT2D eigenvalue weighted by Crippen LogP contribution is 2.20. The number of halogens is 3. The van der Waals surface area contributed by atoms with Gasteiger partial charge in [0.1, 0.15) is 0 Å². The number of aliphatic imine (C=N–C) groups is 1. The zero-order valence-electron chi connectivity index (χ0n) is 9.28. The maximum atomic E-state index is 11.8. The van der Waals surface area contributed by atoms with Gasteiger partial charge in [0.25, 0.3) is 0 Å². The van der Waals surface area contributed by atoms with E-state index in [0.29, 0.717) is 0 Å². The molecule has 0 amide bonds. The summed E-state index contributed by atoms with van der Waals surface area (Å²) >= 11 is 0.